The second-order valence-electron chi connectivity index (χ2n) is 11.0. The molecule has 0 radical (unpaired) electrons. The van der Waals surface area contributed by atoms with Crippen LogP contribution in [0.4, 0.5) is 5.69 Å². The molecular weight excluding hydrogens is 542 g/mol. The summed E-state index contributed by atoms with van der Waals surface area (Å²) in [5.41, 5.74) is 1.24. The van der Waals surface area contributed by atoms with Crippen molar-refractivity contribution in [3.8, 4) is 11.5 Å². The van der Waals surface area contributed by atoms with E-state index in [1.165, 1.54) is 6.92 Å². The number of para-hydroxylation sites is 1. The smallest absolute Gasteiger partial charge is 0.308 e. The maximum Gasteiger partial charge on any atom is 0.308 e. The Balaban J connectivity index is 1.57. The lowest BCUT2D eigenvalue weighted by molar-refractivity contribution is -0.131. The molecule has 7 heteroatoms. The molecule has 3 aliphatic rings. The Morgan fingerprint density at radius 3 is 2.16 bits per heavy atom. The molecule has 0 saturated carbocycles. The number of benzene rings is 4. The maximum absolute atomic E-state index is 14.8. The molecule has 3 atom stereocenters. The summed E-state index contributed by atoms with van der Waals surface area (Å²) in [6, 6.07) is 26.3. The lowest BCUT2D eigenvalue weighted by Crippen LogP contribution is -2.48. The van der Waals surface area contributed by atoms with E-state index in [9.17, 15) is 19.2 Å². The van der Waals surface area contributed by atoms with Gasteiger partial charge in [0.15, 0.2) is 23.1 Å². The fourth-order valence-corrected chi connectivity index (χ4v) is 7.20. The lowest BCUT2D eigenvalue weighted by Gasteiger charge is -2.37. The van der Waals surface area contributed by atoms with E-state index >= 15 is 0 Å². The zero-order valence-electron chi connectivity index (χ0n) is 23.5. The van der Waals surface area contributed by atoms with Crippen molar-refractivity contribution in [1.29, 1.82) is 0 Å². The van der Waals surface area contributed by atoms with Crippen LogP contribution in [0.15, 0.2) is 103 Å². The summed E-state index contributed by atoms with van der Waals surface area (Å²) >= 11 is 0. The van der Waals surface area contributed by atoms with E-state index in [1.54, 1.807) is 86.0 Å². The summed E-state index contributed by atoms with van der Waals surface area (Å²) in [4.78, 5) is 58.5. The van der Waals surface area contributed by atoms with Crippen LogP contribution in [0.3, 0.4) is 0 Å². The standard InChI is InChI=1S/C36H27NO6/c1-21(38)43-28-17-9-12-22-18-19-29-36(34(40)26-15-6-7-16-27(26)35(36)41)30(24-13-8-14-25(20-24)42-2)32(37(29)31(22)28)33(39)23-10-4-3-5-11-23/h3-20,29-30,32H,1-2H3/t29-,30-,32+/m1/s1. The molecule has 0 N–H and O–H groups in total. The molecule has 1 aliphatic carbocycles. The van der Waals surface area contributed by atoms with Gasteiger partial charge in [-0.25, -0.2) is 0 Å². The number of esters is 1. The number of carbonyl (C=O) groups is 4. The molecule has 2 heterocycles. The number of ketones is 3. The molecule has 1 saturated heterocycles. The Hall–Kier alpha value is -5.30. The van der Waals surface area contributed by atoms with Crippen LogP contribution in [0, 0.1) is 5.41 Å². The molecule has 0 aromatic heterocycles. The molecule has 0 unspecified atom stereocenters. The van der Waals surface area contributed by atoms with Crippen molar-refractivity contribution >= 4 is 35.1 Å². The van der Waals surface area contributed by atoms with E-state index in [0.29, 0.717) is 39.3 Å². The van der Waals surface area contributed by atoms with Gasteiger partial charge in [-0.05, 0) is 23.8 Å². The highest BCUT2D eigenvalue weighted by Gasteiger charge is 2.71. The molecule has 212 valence electrons. The number of nitrogens with zero attached hydrogens (tertiary/aromatic N) is 1. The Bertz CT molecular complexity index is 1820. The predicted molar refractivity (Wildman–Crippen MR) is 161 cm³/mol. The van der Waals surface area contributed by atoms with Gasteiger partial charge in [0.1, 0.15) is 17.2 Å². The van der Waals surface area contributed by atoms with E-state index < -0.39 is 29.4 Å². The molecule has 0 bridgehead atoms. The Kier molecular flexibility index (Phi) is 6.13. The zero-order valence-corrected chi connectivity index (χ0v) is 23.5. The van der Waals surface area contributed by atoms with Crippen molar-refractivity contribution in [3.05, 3.63) is 131 Å². The zero-order chi connectivity index (χ0) is 29.9. The third-order valence-corrected chi connectivity index (χ3v) is 8.82. The monoisotopic (exact) mass is 569 g/mol. The first kappa shape index (κ1) is 26.6. The lowest BCUT2D eigenvalue weighted by atomic mass is 9.64. The van der Waals surface area contributed by atoms with Crippen LogP contribution in [-0.2, 0) is 4.79 Å². The molecule has 4 aromatic carbocycles. The third kappa shape index (κ3) is 3.74. The van der Waals surface area contributed by atoms with Crippen molar-refractivity contribution < 1.29 is 28.7 Å². The Labute approximate surface area is 248 Å². The highest BCUT2D eigenvalue weighted by Crippen LogP contribution is 2.62. The van der Waals surface area contributed by atoms with Gasteiger partial charge in [-0.1, -0.05) is 91.0 Å². The van der Waals surface area contributed by atoms with E-state index in [4.69, 9.17) is 9.47 Å². The summed E-state index contributed by atoms with van der Waals surface area (Å²) in [5, 5.41) is 0. The van der Waals surface area contributed by atoms with Gasteiger partial charge < -0.3 is 14.4 Å². The molecular formula is C36H27NO6. The highest BCUT2D eigenvalue weighted by molar-refractivity contribution is 6.32. The van der Waals surface area contributed by atoms with Crippen LogP contribution < -0.4 is 14.4 Å². The van der Waals surface area contributed by atoms with Crippen molar-refractivity contribution in [3.63, 3.8) is 0 Å². The molecule has 4 aromatic rings. The van der Waals surface area contributed by atoms with Gasteiger partial charge in [-0.2, -0.15) is 0 Å². The van der Waals surface area contributed by atoms with Crippen LogP contribution in [0.25, 0.3) is 6.08 Å². The number of hydrogen-bond acceptors (Lipinski definition) is 7. The molecule has 43 heavy (non-hydrogen) atoms. The van der Waals surface area contributed by atoms with Gasteiger partial charge in [-0.15, -0.1) is 0 Å². The highest BCUT2D eigenvalue weighted by atomic mass is 16.5. The normalized spacial score (nSPS) is 20.9. The minimum Gasteiger partial charge on any atom is -0.497 e. The van der Waals surface area contributed by atoms with Crippen LogP contribution in [0.5, 0.6) is 11.5 Å². The quantitative estimate of drug-likeness (QED) is 0.127. The number of fused-ring (bicyclic) bond motifs is 5. The minimum atomic E-state index is -1.68. The van der Waals surface area contributed by atoms with E-state index in [-0.39, 0.29) is 23.1 Å². The molecule has 1 spiro atoms. The number of rotatable bonds is 5. The number of hydrogen-bond donors (Lipinski definition) is 0. The predicted octanol–water partition coefficient (Wildman–Crippen LogP) is 5.94. The van der Waals surface area contributed by atoms with Gasteiger partial charge in [0.25, 0.3) is 0 Å². The van der Waals surface area contributed by atoms with Gasteiger partial charge in [-0.3, -0.25) is 19.2 Å². The van der Waals surface area contributed by atoms with Crippen LogP contribution >= 0.6 is 0 Å². The third-order valence-electron chi connectivity index (χ3n) is 8.82. The molecule has 7 nitrogen and oxygen atoms in total. The Morgan fingerprint density at radius 2 is 1.49 bits per heavy atom. The summed E-state index contributed by atoms with van der Waals surface area (Å²) in [6.45, 7) is 1.31. The molecule has 1 fully saturated rings. The van der Waals surface area contributed by atoms with Crippen molar-refractivity contribution in [2.75, 3.05) is 12.0 Å². The van der Waals surface area contributed by atoms with Gasteiger partial charge in [0.2, 0.25) is 0 Å². The first-order valence-electron chi connectivity index (χ1n) is 14.1. The van der Waals surface area contributed by atoms with Crippen molar-refractivity contribution in [2.45, 2.75) is 24.9 Å². The van der Waals surface area contributed by atoms with E-state index in [1.807, 2.05) is 35.3 Å². The summed E-state index contributed by atoms with van der Waals surface area (Å²) in [7, 11) is 1.55. The first-order chi connectivity index (χ1) is 20.9. The van der Waals surface area contributed by atoms with Crippen LogP contribution in [0.2, 0.25) is 0 Å². The average molecular weight is 570 g/mol. The van der Waals surface area contributed by atoms with Gasteiger partial charge in [0, 0.05) is 35.1 Å². The average Bonchev–Trinajstić information content (AvgIpc) is 3.47. The SMILES string of the molecule is COc1cccc([C@@H]2[C@@H](C(=O)c3ccccc3)N3c4c(cccc4OC(C)=O)C=C[C@@H]3C23C(=O)c2ccccc2C3=O)c1. The maximum atomic E-state index is 14.8. The topological polar surface area (TPSA) is 90.0 Å². The summed E-state index contributed by atoms with van der Waals surface area (Å²) < 4.78 is 11.2. The number of carbonyl (C=O) groups excluding carboxylic acids is 4. The van der Waals surface area contributed by atoms with E-state index in [0.717, 1.165) is 0 Å². The molecule has 7 rings (SSSR count). The number of methoxy groups -OCH3 is 1. The number of anilines is 1. The van der Waals surface area contributed by atoms with Gasteiger partial charge >= 0.3 is 5.97 Å². The molecule has 2 aliphatic heterocycles. The van der Waals surface area contributed by atoms with E-state index in [2.05, 4.69) is 0 Å². The Morgan fingerprint density at radius 1 is 0.814 bits per heavy atom. The first-order valence-corrected chi connectivity index (χ1v) is 14.1. The second kappa shape index (κ2) is 9.91. The summed E-state index contributed by atoms with van der Waals surface area (Å²) in [5.74, 6) is -1.57. The van der Waals surface area contributed by atoms with Gasteiger partial charge in [0.05, 0.1) is 18.8 Å². The van der Waals surface area contributed by atoms with Crippen LogP contribution in [-0.4, -0.2) is 42.5 Å². The molecule has 0 amide bonds. The number of ether oxygens (including phenoxy) is 2. The second-order valence-corrected chi connectivity index (χ2v) is 11.0. The van der Waals surface area contributed by atoms with Crippen LogP contribution in [0.1, 0.15) is 55.0 Å². The van der Waals surface area contributed by atoms with Crippen molar-refractivity contribution in [1.82, 2.24) is 0 Å². The van der Waals surface area contributed by atoms with Crippen molar-refractivity contribution in [2.24, 2.45) is 5.41 Å². The minimum absolute atomic E-state index is 0.252. The summed E-state index contributed by atoms with van der Waals surface area (Å²) in [6.07, 6.45) is 3.68. The number of Topliss-reactive ketones (excluding diaryl/α,β-unsaturated/α-hetero) is 3. The fourth-order valence-electron chi connectivity index (χ4n) is 7.20. The fraction of sp³-hybridized carbons (Fsp3) is 0.167. The largest absolute Gasteiger partial charge is 0.497 e.